The highest BCUT2D eigenvalue weighted by atomic mass is 32.1. The van der Waals surface area contributed by atoms with Crippen molar-refractivity contribution in [3.63, 3.8) is 0 Å². The summed E-state index contributed by atoms with van der Waals surface area (Å²) < 4.78 is 0. The molecule has 1 aromatic rings. The van der Waals surface area contributed by atoms with E-state index < -0.39 is 0 Å². The van der Waals surface area contributed by atoms with Crippen molar-refractivity contribution in [2.75, 3.05) is 37.3 Å². The minimum atomic E-state index is -0.0248. The number of hydrogen-bond acceptors (Lipinski definition) is 5. The third-order valence-electron chi connectivity index (χ3n) is 3.52. The Kier molecular flexibility index (Phi) is 4.76. The van der Waals surface area contributed by atoms with E-state index in [1.54, 1.807) is 4.90 Å². The van der Waals surface area contributed by atoms with Crippen LogP contribution >= 0.6 is 11.3 Å². The van der Waals surface area contributed by atoms with E-state index in [1.165, 1.54) is 30.6 Å². The maximum atomic E-state index is 12.5. The van der Waals surface area contributed by atoms with Crippen LogP contribution in [0.4, 0.5) is 10.9 Å². The van der Waals surface area contributed by atoms with Crippen LogP contribution in [-0.2, 0) is 0 Å². The molecule has 6 heteroatoms. The SMILES string of the molecule is CN(CC(C)(C)C)C(=O)c1sc(N2CCCCC2)nc1N. The normalized spacial score (nSPS) is 16.1. The van der Waals surface area contributed by atoms with E-state index in [4.69, 9.17) is 5.73 Å². The molecule has 1 saturated heterocycles. The third-order valence-corrected chi connectivity index (χ3v) is 4.64. The number of hydrogen-bond donors (Lipinski definition) is 1. The molecule has 2 rings (SSSR count). The maximum absolute atomic E-state index is 12.5. The molecule has 118 valence electrons. The van der Waals surface area contributed by atoms with Crippen LogP contribution < -0.4 is 10.6 Å². The van der Waals surface area contributed by atoms with E-state index in [0.29, 0.717) is 17.2 Å². The molecule has 2 N–H and O–H groups in total. The molecule has 0 spiro atoms. The molecule has 0 aromatic carbocycles. The van der Waals surface area contributed by atoms with Gasteiger partial charge in [-0.1, -0.05) is 32.1 Å². The van der Waals surface area contributed by atoms with E-state index in [-0.39, 0.29) is 11.3 Å². The molecular formula is C15H26N4OS. The first-order valence-corrected chi connectivity index (χ1v) is 8.36. The molecule has 1 amide bonds. The van der Waals surface area contributed by atoms with E-state index in [2.05, 4.69) is 30.7 Å². The van der Waals surface area contributed by atoms with Crippen molar-refractivity contribution >= 4 is 28.2 Å². The van der Waals surface area contributed by atoms with Crippen LogP contribution in [0.1, 0.15) is 49.7 Å². The first-order valence-electron chi connectivity index (χ1n) is 7.54. The minimum Gasteiger partial charge on any atom is -0.382 e. The van der Waals surface area contributed by atoms with Crippen molar-refractivity contribution < 1.29 is 4.79 Å². The van der Waals surface area contributed by atoms with Gasteiger partial charge in [-0.25, -0.2) is 4.98 Å². The van der Waals surface area contributed by atoms with Gasteiger partial charge in [0.1, 0.15) is 10.7 Å². The quantitative estimate of drug-likeness (QED) is 0.932. The number of anilines is 2. The van der Waals surface area contributed by atoms with Gasteiger partial charge in [0.05, 0.1) is 0 Å². The molecule has 0 saturated carbocycles. The zero-order valence-corrected chi connectivity index (χ0v) is 14.3. The lowest BCUT2D eigenvalue weighted by molar-refractivity contribution is 0.0751. The molecule has 0 aliphatic carbocycles. The lowest BCUT2D eigenvalue weighted by Crippen LogP contribution is -2.34. The van der Waals surface area contributed by atoms with Crippen molar-refractivity contribution in [1.82, 2.24) is 9.88 Å². The van der Waals surface area contributed by atoms with Gasteiger partial charge in [-0.15, -0.1) is 0 Å². The van der Waals surface area contributed by atoms with Crippen LogP contribution in [0, 0.1) is 5.41 Å². The molecule has 2 heterocycles. The highest BCUT2D eigenvalue weighted by Crippen LogP contribution is 2.31. The Morgan fingerprint density at radius 2 is 1.95 bits per heavy atom. The predicted molar refractivity (Wildman–Crippen MR) is 89.0 cm³/mol. The van der Waals surface area contributed by atoms with E-state index >= 15 is 0 Å². The van der Waals surface area contributed by atoms with Gasteiger partial charge >= 0.3 is 0 Å². The van der Waals surface area contributed by atoms with Gasteiger partial charge in [-0.3, -0.25) is 4.79 Å². The summed E-state index contributed by atoms with van der Waals surface area (Å²) in [5.41, 5.74) is 6.04. The Labute approximate surface area is 131 Å². The second-order valence-electron chi connectivity index (χ2n) is 6.98. The van der Waals surface area contributed by atoms with Crippen molar-refractivity contribution in [1.29, 1.82) is 0 Å². The average molecular weight is 310 g/mol. The van der Waals surface area contributed by atoms with Gasteiger partial charge < -0.3 is 15.5 Å². The first kappa shape index (κ1) is 16.1. The largest absolute Gasteiger partial charge is 0.382 e. The standard InChI is InChI=1S/C15H26N4OS/c1-15(2,3)10-18(4)13(20)11-12(16)17-14(21-11)19-8-6-5-7-9-19/h5-10,16H2,1-4H3. The summed E-state index contributed by atoms with van der Waals surface area (Å²) >= 11 is 1.43. The van der Waals surface area contributed by atoms with Crippen molar-refractivity contribution in [3.8, 4) is 0 Å². The van der Waals surface area contributed by atoms with Crippen molar-refractivity contribution in [3.05, 3.63) is 4.88 Å². The molecule has 1 aliphatic rings. The van der Waals surface area contributed by atoms with Crippen molar-refractivity contribution in [2.45, 2.75) is 40.0 Å². The zero-order valence-electron chi connectivity index (χ0n) is 13.5. The molecule has 1 aromatic heterocycles. The van der Waals surface area contributed by atoms with Crippen molar-refractivity contribution in [2.24, 2.45) is 5.41 Å². The van der Waals surface area contributed by atoms with Gasteiger partial charge in [-0.05, 0) is 24.7 Å². The Hall–Kier alpha value is -1.30. The number of carbonyl (C=O) groups is 1. The van der Waals surface area contributed by atoms with E-state index in [0.717, 1.165) is 18.2 Å². The third kappa shape index (κ3) is 4.09. The number of carbonyl (C=O) groups excluding carboxylic acids is 1. The zero-order chi connectivity index (χ0) is 15.6. The number of nitrogen functional groups attached to an aromatic ring is 1. The first-order chi connectivity index (χ1) is 9.78. The Bertz CT molecular complexity index is 500. The van der Waals surface area contributed by atoms with Crippen LogP contribution in [0.5, 0.6) is 0 Å². The predicted octanol–water partition coefficient (Wildman–Crippen LogP) is 2.83. The molecule has 5 nitrogen and oxygen atoms in total. The number of nitrogens with zero attached hydrogens (tertiary/aromatic N) is 3. The molecule has 1 aliphatic heterocycles. The molecular weight excluding hydrogens is 284 g/mol. The van der Waals surface area contributed by atoms with Gasteiger partial charge in [0, 0.05) is 26.7 Å². The van der Waals surface area contributed by atoms with Gasteiger partial charge in [-0.2, -0.15) is 0 Å². The van der Waals surface area contributed by atoms with Gasteiger partial charge in [0.2, 0.25) is 0 Å². The topological polar surface area (TPSA) is 62.5 Å². The summed E-state index contributed by atoms with van der Waals surface area (Å²) in [6.07, 6.45) is 3.65. The summed E-state index contributed by atoms with van der Waals surface area (Å²) in [6.45, 7) is 9.07. The summed E-state index contributed by atoms with van der Waals surface area (Å²) in [4.78, 5) is 21.5. The molecule has 0 unspecified atom stereocenters. The smallest absolute Gasteiger partial charge is 0.267 e. The monoisotopic (exact) mass is 310 g/mol. The van der Waals surface area contributed by atoms with E-state index in [1.807, 2.05) is 7.05 Å². The Morgan fingerprint density at radius 3 is 2.52 bits per heavy atom. The molecule has 1 fully saturated rings. The number of aromatic nitrogens is 1. The molecule has 0 atom stereocenters. The Balaban J connectivity index is 2.12. The van der Waals surface area contributed by atoms with Gasteiger partial charge in [0.25, 0.3) is 5.91 Å². The number of rotatable bonds is 3. The number of amides is 1. The summed E-state index contributed by atoms with van der Waals surface area (Å²) in [7, 11) is 1.83. The number of piperidine rings is 1. The summed E-state index contributed by atoms with van der Waals surface area (Å²) in [5.74, 6) is 0.342. The lowest BCUT2D eigenvalue weighted by Gasteiger charge is -2.26. The maximum Gasteiger partial charge on any atom is 0.267 e. The summed E-state index contributed by atoms with van der Waals surface area (Å²) in [5, 5.41) is 0.889. The second kappa shape index (κ2) is 6.22. The second-order valence-corrected chi connectivity index (χ2v) is 7.96. The summed E-state index contributed by atoms with van der Waals surface area (Å²) in [6, 6.07) is 0. The van der Waals surface area contributed by atoms with Crippen LogP contribution in [0.3, 0.4) is 0 Å². The highest BCUT2D eigenvalue weighted by Gasteiger charge is 2.25. The van der Waals surface area contributed by atoms with Crippen LogP contribution in [0.15, 0.2) is 0 Å². The molecule has 0 radical (unpaired) electrons. The Morgan fingerprint density at radius 1 is 1.33 bits per heavy atom. The fraction of sp³-hybridized carbons (Fsp3) is 0.733. The molecule has 0 bridgehead atoms. The van der Waals surface area contributed by atoms with Gasteiger partial charge in [0.15, 0.2) is 5.13 Å². The van der Waals surface area contributed by atoms with Crippen LogP contribution in [0.2, 0.25) is 0 Å². The number of thiazole rings is 1. The van der Waals surface area contributed by atoms with Crippen LogP contribution in [0.25, 0.3) is 0 Å². The fourth-order valence-corrected chi connectivity index (χ4v) is 3.68. The lowest BCUT2D eigenvalue weighted by atomic mass is 9.96. The minimum absolute atomic E-state index is 0.0248. The van der Waals surface area contributed by atoms with E-state index in [9.17, 15) is 4.79 Å². The highest BCUT2D eigenvalue weighted by molar-refractivity contribution is 7.18. The van der Waals surface area contributed by atoms with Crippen LogP contribution in [-0.4, -0.2) is 42.5 Å². The molecule has 21 heavy (non-hydrogen) atoms. The fourth-order valence-electron chi connectivity index (χ4n) is 2.65. The number of nitrogens with two attached hydrogens (primary N) is 1. The average Bonchev–Trinajstić information content (AvgIpc) is 2.79.